The number of thioether (sulfide) groups is 1. The van der Waals surface area contributed by atoms with Crippen molar-refractivity contribution in [2.75, 3.05) is 12.3 Å². The topological polar surface area (TPSA) is 82.0 Å². The predicted molar refractivity (Wildman–Crippen MR) is 80.8 cm³/mol. The molecule has 0 atom stereocenters. The first kappa shape index (κ1) is 17.0. The van der Waals surface area contributed by atoms with Crippen molar-refractivity contribution in [1.29, 1.82) is 0 Å². The number of benzene rings is 1. The Labute approximate surface area is 131 Å². The van der Waals surface area contributed by atoms with Crippen molar-refractivity contribution in [1.82, 2.24) is 10.2 Å². The molecule has 0 unspecified atom stereocenters. The van der Waals surface area contributed by atoms with E-state index in [-0.39, 0.29) is 23.9 Å². The molecule has 8 heteroatoms. The number of carbonyl (C=O) groups is 1. The Hall–Kier alpha value is -1.08. The van der Waals surface area contributed by atoms with E-state index >= 15 is 0 Å². The van der Waals surface area contributed by atoms with Gasteiger partial charge >= 0.3 is 0 Å². The number of nitrogens with two attached hydrogens (primary N) is 1. The maximum absolute atomic E-state index is 11.9. The molecule has 1 aromatic carbocycles. The lowest BCUT2D eigenvalue weighted by Gasteiger charge is -1.98. The van der Waals surface area contributed by atoms with E-state index in [1.807, 2.05) is 0 Å². The maximum atomic E-state index is 11.9. The Balaban J connectivity index is 0.00000200. The smallest absolute Gasteiger partial charge is 0.277 e. The Kier molecular flexibility index (Phi) is 7.01. The molecule has 2 N–H and O–H groups in total. The fourth-order valence-electron chi connectivity index (χ4n) is 1.37. The van der Waals surface area contributed by atoms with Crippen LogP contribution in [0.5, 0.6) is 0 Å². The lowest BCUT2D eigenvalue weighted by molar-refractivity contribution is 0.102. The van der Waals surface area contributed by atoms with E-state index in [1.165, 1.54) is 11.8 Å². The Morgan fingerprint density at radius 1 is 1.30 bits per heavy atom. The first-order chi connectivity index (χ1) is 9.19. The molecule has 1 heterocycles. The third-order valence-electron chi connectivity index (χ3n) is 2.30. The number of carbonyl (C=O) groups excluding carboxylic acids is 1. The van der Waals surface area contributed by atoms with Gasteiger partial charge in [0.1, 0.15) is 0 Å². The van der Waals surface area contributed by atoms with E-state index < -0.39 is 0 Å². The summed E-state index contributed by atoms with van der Waals surface area (Å²) in [4.78, 5) is 11.9. The summed E-state index contributed by atoms with van der Waals surface area (Å²) in [6.45, 7) is 0.454. The molecular formula is C12H13Cl2N3O2S. The van der Waals surface area contributed by atoms with Gasteiger partial charge in [0, 0.05) is 23.6 Å². The van der Waals surface area contributed by atoms with E-state index in [9.17, 15) is 4.79 Å². The van der Waals surface area contributed by atoms with Crippen LogP contribution in [0.3, 0.4) is 0 Å². The standard InChI is InChI=1S/C12H12ClN3O2S.ClH/c13-9-3-1-8(2-4-9)10(17)7-19-12-16-15-11(18-12)5-6-14;/h1-4H,5-7,14H2;1H. The predicted octanol–water partition coefficient (Wildman–Crippen LogP) is 2.62. The average Bonchev–Trinajstić information content (AvgIpc) is 2.85. The lowest BCUT2D eigenvalue weighted by atomic mass is 10.1. The summed E-state index contributed by atoms with van der Waals surface area (Å²) in [6.07, 6.45) is 0.540. The van der Waals surface area contributed by atoms with E-state index in [1.54, 1.807) is 24.3 Å². The number of Topliss-reactive ketones (excluding diaryl/α,β-unsaturated/α-hetero) is 1. The fourth-order valence-corrected chi connectivity index (χ4v) is 2.17. The van der Waals surface area contributed by atoms with Gasteiger partial charge in [-0.2, -0.15) is 0 Å². The first-order valence-corrected chi connectivity index (χ1v) is 6.99. The van der Waals surface area contributed by atoms with Crippen LogP contribution in [0.1, 0.15) is 16.2 Å². The van der Waals surface area contributed by atoms with Crippen LogP contribution in [0.2, 0.25) is 5.02 Å². The van der Waals surface area contributed by atoms with Crippen LogP contribution in [-0.2, 0) is 6.42 Å². The molecule has 0 amide bonds. The summed E-state index contributed by atoms with van der Waals surface area (Å²) < 4.78 is 5.32. The zero-order valence-electron chi connectivity index (χ0n) is 10.4. The van der Waals surface area contributed by atoms with Crippen molar-refractivity contribution >= 4 is 41.6 Å². The first-order valence-electron chi connectivity index (χ1n) is 5.63. The monoisotopic (exact) mass is 333 g/mol. The molecule has 108 valence electrons. The van der Waals surface area contributed by atoms with E-state index in [0.29, 0.717) is 34.7 Å². The highest BCUT2D eigenvalue weighted by molar-refractivity contribution is 7.99. The molecule has 0 spiro atoms. The van der Waals surface area contributed by atoms with E-state index in [2.05, 4.69) is 10.2 Å². The molecule has 5 nitrogen and oxygen atoms in total. The van der Waals surface area contributed by atoms with Gasteiger partial charge in [-0.05, 0) is 24.3 Å². The van der Waals surface area contributed by atoms with Gasteiger partial charge in [-0.3, -0.25) is 4.79 Å². The fraction of sp³-hybridized carbons (Fsp3) is 0.250. The second-order valence-electron chi connectivity index (χ2n) is 3.72. The number of rotatable bonds is 6. The molecule has 0 bridgehead atoms. The molecule has 2 aromatic rings. The van der Waals surface area contributed by atoms with Gasteiger partial charge in [0.05, 0.1) is 5.75 Å². The summed E-state index contributed by atoms with van der Waals surface area (Å²) in [5, 5.41) is 8.64. The van der Waals surface area contributed by atoms with Crippen molar-refractivity contribution in [3.05, 3.63) is 40.7 Å². The molecule has 0 saturated heterocycles. The van der Waals surface area contributed by atoms with Crippen molar-refractivity contribution in [2.45, 2.75) is 11.6 Å². The molecule has 0 saturated carbocycles. The highest BCUT2D eigenvalue weighted by atomic mass is 35.5. The second kappa shape index (κ2) is 8.26. The van der Waals surface area contributed by atoms with Gasteiger partial charge in [0.15, 0.2) is 5.78 Å². The lowest BCUT2D eigenvalue weighted by Crippen LogP contribution is -2.02. The summed E-state index contributed by atoms with van der Waals surface area (Å²) in [5.74, 6) is 0.718. The van der Waals surface area contributed by atoms with Gasteiger partial charge < -0.3 is 10.2 Å². The van der Waals surface area contributed by atoms with Crippen LogP contribution in [-0.4, -0.2) is 28.3 Å². The van der Waals surface area contributed by atoms with Gasteiger partial charge in [0.2, 0.25) is 5.89 Å². The van der Waals surface area contributed by atoms with Crippen LogP contribution < -0.4 is 5.73 Å². The summed E-state index contributed by atoms with van der Waals surface area (Å²) in [5.41, 5.74) is 5.99. The minimum absolute atomic E-state index is 0. The number of nitrogens with zero attached hydrogens (tertiary/aromatic N) is 2. The highest BCUT2D eigenvalue weighted by Crippen LogP contribution is 2.18. The third kappa shape index (κ3) is 4.79. The number of ketones is 1. The van der Waals surface area contributed by atoms with Crippen molar-refractivity contribution in [3.8, 4) is 0 Å². The molecule has 20 heavy (non-hydrogen) atoms. The van der Waals surface area contributed by atoms with Crippen LogP contribution in [0.25, 0.3) is 0 Å². The van der Waals surface area contributed by atoms with Crippen LogP contribution in [0, 0.1) is 0 Å². The molecule has 0 aliphatic carbocycles. The SMILES string of the molecule is Cl.NCCc1nnc(SCC(=O)c2ccc(Cl)cc2)o1. The number of aromatic nitrogens is 2. The van der Waals surface area contributed by atoms with Gasteiger partial charge in [-0.1, -0.05) is 23.4 Å². The van der Waals surface area contributed by atoms with Crippen LogP contribution >= 0.6 is 35.8 Å². The van der Waals surface area contributed by atoms with Gasteiger partial charge in [-0.25, -0.2) is 0 Å². The van der Waals surface area contributed by atoms with Crippen LogP contribution in [0.15, 0.2) is 33.9 Å². The Morgan fingerprint density at radius 3 is 2.65 bits per heavy atom. The Morgan fingerprint density at radius 2 is 2.00 bits per heavy atom. The molecule has 1 aromatic heterocycles. The zero-order valence-corrected chi connectivity index (χ0v) is 12.8. The summed E-state index contributed by atoms with van der Waals surface area (Å²) in [6, 6.07) is 6.76. The number of hydrogen-bond acceptors (Lipinski definition) is 6. The van der Waals surface area contributed by atoms with Crippen molar-refractivity contribution in [2.24, 2.45) is 5.73 Å². The van der Waals surface area contributed by atoms with Gasteiger partial charge in [0.25, 0.3) is 5.22 Å². The van der Waals surface area contributed by atoms with E-state index in [0.717, 1.165) is 0 Å². The largest absolute Gasteiger partial charge is 0.416 e. The molecular weight excluding hydrogens is 321 g/mol. The van der Waals surface area contributed by atoms with Gasteiger partial charge in [-0.15, -0.1) is 22.6 Å². The highest BCUT2D eigenvalue weighted by Gasteiger charge is 2.10. The zero-order chi connectivity index (χ0) is 13.7. The van der Waals surface area contributed by atoms with E-state index in [4.69, 9.17) is 21.8 Å². The maximum Gasteiger partial charge on any atom is 0.277 e. The van der Waals surface area contributed by atoms with Crippen molar-refractivity contribution in [3.63, 3.8) is 0 Å². The molecule has 0 radical (unpaired) electrons. The minimum Gasteiger partial charge on any atom is -0.416 e. The molecule has 0 aliphatic heterocycles. The molecule has 0 fully saturated rings. The molecule has 0 aliphatic rings. The van der Waals surface area contributed by atoms with Crippen molar-refractivity contribution < 1.29 is 9.21 Å². The van der Waals surface area contributed by atoms with Crippen LogP contribution in [0.4, 0.5) is 0 Å². The second-order valence-corrected chi connectivity index (χ2v) is 5.08. The number of halogens is 2. The molecule has 2 rings (SSSR count). The number of hydrogen-bond donors (Lipinski definition) is 1. The normalized spacial score (nSPS) is 10.1. The third-order valence-corrected chi connectivity index (χ3v) is 3.37. The quantitative estimate of drug-likeness (QED) is 0.646. The average molecular weight is 334 g/mol. The summed E-state index contributed by atoms with van der Waals surface area (Å²) >= 11 is 6.97. The summed E-state index contributed by atoms with van der Waals surface area (Å²) in [7, 11) is 0. The minimum atomic E-state index is -0.0137. The Bertz CT molecular complexity index is 560.